The Hall–Kier alpha value is -1.77. The number of unbranched alkanes of at least 4 members (excludes halogenated alkanes) is 17. The maximum atomic E-state index is 12.6. The predicted molar refractivity (Wildman–Crippen MR) is 211 cm³/mol. The van der Waals surface area contributed by atoms with Crippen molar-refractivity contribution in [1.29, 1.82) is 0 Å². The van der Waals surface area contributed by atoms with Gasteiger partial charge in [-0.05, 0) is 59.0 Å². The second-order valence-corrected chi connectivity index (χ2v) is 15.3. The van der Waals surface area contributed by atoms with E-state index in [-0.39, 0.29) is 32.0 Å². The van der Waals surface area contributed by atoms with Crippen molar-refractivity contribution in [2.75, 3.05) is 40.5 Å². The first-order chi connectivity index (χ1) is 24.7. The Kier molecular flexibility index (Phi) is 35.3. The maximum Gasteiger partial charge on any atom is 0.472 e. The predicted octanol–water partition coefficient (Wildman–Crippen LogP) is 11.2. The van der Waals surface area contributed by atoms with Crippen LogP contribution in [0.3, 0.4) is 0 Å². The van der Waals surface area contributed by atoms with E-state index < -0.39 is 26.5 Å². The van der Waals surface area contributed by atoms with Crippen molar-refractivity contribution in [2.24, 2.45) is 0 Å². The van der Waals surface area contributed by atoms with E-state index in [1.165, 1.54) is 89.9 Å². The van der Waals surface area contributed by atoms with E-state index in [1.54, 1.807) is 0 Å². The minimum Gasteiger partial charge on any atom is -0.462 e. The molecule has 0 aliphatic carbocycles. The molecule has 0 amide bonds. The summed E-state index contributed by atoms with van der Waals surface area (Å²) in [7, 11) is -0.733. The summed E-state index contributed by atoms with van der Waals surface area (Å²) in [5, 5.41) is 0. The molecule has 0 spiro atoms. The first-order valence-corrected chi connectivity index (χ1v) is 21.8. The number of hydrogen-bond donors (Lipinski definition) is 1. The van der Waals surface area contributed by atoms with Crippen LogP contribution in [-0.2, 0) is 32.7 Å². The Morgan fingerprint density at radius 1 is 0.608 bits per heavy atom. The zero-order valence-electron chi connectivity index (χ0n) is 33.0. The monoisotopic (exact) mass is 742 g/mol. The second-order valence-electron chi connectivity index (χ2n) is 13.8. The summed E-state index contributed by atoms with van der Waals surface area (Å²) in [4.78, 5) is 36.8. The first-order valence-electron chi connectivity index (χ1n) is 20.3. The van der Waals surface area contributed by atoms with Crippen molar-refractivity contribution in [3.05, 3.63) is 36.5 Å². The third-order valence-electron chi connectivity index (χ3n) is 8.45. The fourth-order valence-electron chi connectivity index (χ4n) is 5.29. The van der Waals surface area contributed by atoms with Crippen molar-refractivity contribution >= 4 is 19.8 Å². The number of esters is 2. The van der Waals surface area contributed by atoms with E-state index in [4.69, 9.17) is 18.5 Å². The summed E-state index contributed by atoms with van der Waals surface area (Å²) < 4.78 is 33.3. The number of likely N-dealkylation sites (N-methyl/N-ethyl adjacent to an activating group) is 1. The van der Waals surface area contributed by atoms with Gasteiger partial charge in [0.2, 0.25) is 0 Å². The van der Waals surface area contributed by atoms with Gasteiger partial charge in [0.15, 0.2) is 6.10 Å². The molecule has 9 nitrogen and oxygen atoms in total. The van der Waals surface area contributed by atoms with Crippen molar-refractivity contribution in [3.63, 3.8) is 0 Å². The fraction of sp³-hybridized carbons (Fsp3) is 0.805. The zero-order valence-corrected chi connectivity index (χ0v) is 33.9. The molecule has 1 N–H and O–H groups in total. The fourth-order valence-corrected chi connectivity index (χ4v) is 6.03. The number of ether oxygens (including phenoxy) is 2. The van der Waals surface area contributed by atoms with Crippen LogP contribution in [0.1, 0.15) is 168 Å². The quantitative estimate of drug-likeness (QED) is 0.0288. The first kappa shape index (κ1) is 49.2. The van der Waals surface area contributed by atoms with Gasteiger partial charge in [-0.15, -0.1) is 0 Å². The molecule has 0 saturated heterocycles. The van der Waals surface area contributed by atoms with Crippen LogP contribution in [0.4, 0.5) is 0 Å². The average molecular weight is 742 g/mol. The molecule has 0 rings (SSSR count). The SMILES string of the molecule is CCCCCCCC/C=C\C/C=C\C/C=C\CCCC(=O)OC(COC(=O)CCCCCCCCCCCCC)COP(=O)(O)OCCN(C)C. The number of carbonyl (C=O) groups excluding carboxylic acids is 2. The highest BCUT2D eigenvalue weighted by Crippen LogP contribution is 2.43. The summed E-state index contributed by atoms with van der Waals surface area (Å²) >= 11 is 0. The molecule has 0 aromatic carbocycles. The molecular weight excluding hydrogens is 665 g/mol. The molecule has 0 fully saturated rings. The Morgan fingerprint density at radius 3 is 1.63 bits per heavy atom. The van der Waals surface area contributed by atoms with Gasteiger partial charge in [-0.2, -0.15) is 0 Å². The molecule has 10 heteroatoms. The highest BCUT2D eigenvalue weighted by Gasteiger charge is 2.26. The number of rotatable bonds is 37. The van der Waals surface area contributed by atoms with E-state index in [0.29, 0.717) is 13.0 Å². The Morgan fingerprint density at radius 2 is 1.08 bits per heavy atom. The lowest BCUT2D eigenvalue weighted by Crippen LogP contribution is -2.29. The number of phosphoric ester groups is 1. The Bertz CT molecular complexity index is 952. The molecule has 2 unspecified atom stereocenters. The van der Waals surface area contributed by atoms with E-state index in [9.17, 15) is 19.0 Å². The van der Waals surface area contributed by atoms with Crippen molar-refractivity contribution in [2.45, 2.75) is 174 Å². The number of phosphoric acid groups is 1. The van der Waals surface area contributed by atoms with Gasteiger partial charge in [0.1, 0.15) is 6.61 Å². The minimum absolute atomic E-state index is 0.00115. The summed E-state index contributed by atoms with van der Waals surface area (Å²) in [5.41, 5.74) is 0. The third kappa shape index (κ3) is 37.8. The van der Waals surface area contributed by atoms with E-state index in [1.807, 2.05) is 19.0 Å². The van der Waals surface area contributed by atoms with Crippen LogP contribution in [0.2, 0.25) is 0 Å². The van der Waals surface area contributed by atoms with Crippen LogP contribution >= 0.6 is 7.82 Å². The van der Waals surface area contributed by atoms with Gasteiger partial charge >= 0.3 is 19.8 Å². The third-order valence-corrected chi connectivity index (χ3v) is 9.43. The largest absolute Gasteiger partial charge is 0.472 e. The summed E-state index contributed by atoms with van der Waals surface area (Å²) in [6.45, 7) is 4.24. The molecule has 298 valence electrons. The summed E-state index contributed by atoms with van der Waals surface area (Å²) in [5.74, 6) is -0.864. The van der Waals surface area contributed by atoms with E-state index in [0.717, 1.165) is 44.9 Å². The number of carbonyl (C=O) groups is 2. The molecule has 0 aromatic heterocycles. The van der Waals surface area contributed by atoms with Crippen molar-refractivity contribution in [1.82, 2.24) is 4.90 Å². The van der Waals surface area contributed by atoms with Crippen LogP contribution < -0.4 is 0 Å². The summed E-state index contributed by atoms with van der Waals surface area (Å²) in [6, 6.07) is 0. The number of nitrogens with zero attached hydrogens (tertiary/aromatic N) is 1. The highest BCUT2D eigenvalue weighted by molar-refractivity contribution is 7.47. The van der Waals surface area contributed by atoms with Gasteiger partial charge in [0.25, 0.3) is 0 Å². The highest BCUT2D eigenvalue weighted by atomic mass is 31.2. The molecule has 0 heterocycles. The normalized spacial score (nSPS) is 13.8. The van der Waals surface area contributed by atoms with Crippen molar-refractivity contribution < 1.29 is 37.6 Å². The van der Waals surface area contributed by atoms with Crippen LogP contribution in [0.5, 0.6) is 0 Å². The second kappa shape index (κ2) is 36.6. The average Bonchev–Trinajstić information content (AvgIpc) is 3.09. The van der Waals surface area contributed by atoms with Crippen LogP contribution in [0.15, 0.2) is 36.5 Å². The zero-order chi connectivity index (χ0) is 37.7. The lowest BCUT2D eigenvalue weighted by molar-refractivity contribution is -0.161. The molecule has 0 aromatic rings. The van der Waals surface area contributed by atoms with E-state index in [2.05, 4.69) is 50.3 Å². The van der Waals surface area contributed by atoms with Crippen LogP contribution in [0, 0.1) is 0 Å². The molecule has 51 heavy (non-hydrogen) atoms. The van der Waals surface area contributed by atoms with E-state index >= 15 is 0 Å². The number of allylic oxidation sites excluding steroid dienone is 6. The van der Waals surface area contributed by atoms with Crippen LogP contribution in [0.25, 0.3) is 0 Å². The molecular formula is C41H76NO8P. The molecule has 2 atom stereocenters. The smallest absolute Gasteiger partial charge is 0.462 e. The van der Waals surface area contributed by atoms with Crippen LogP contribution in [-0.4, -0.2) is 68.3 Å². The molecule has 0 radical (unpaired) electrons. The molecule has 0 aliphatic heterocycles. The molecule has 0 aliphatic rings. The van der Waals surface area contributed by atoms with Gasteiger partial charge in [0, 0.05) is 19.4 Å². The summed E-state index contributed by atoms with van der Waals surface area (Å²) in [6.07, 6.45) is 37.7. The number of hydrogen-bond acceptors (Lipinski definition) is 8. The van der Waals surface area contributed by atoms with Gasteiger partial charge in [0.05, 0.1) is 13.2 Å². The Balaban J connectivity index is 4.42. The molecule has 0 saturated carbocycles. The minimum atomic E-state index is -4.37. The lowest BCUT2D eigenvalue weighted by Gasteiger charge is -2.20. The van der Waals surface area contributed by atoms with Gasteiger partial charge in [-0.3, -0.25) is 18.6 Å². The Labute approximate surface area is 312 Å². The standard InChI is InChI=1S/C41H76NO8P/c1-5-7-9-11-13-15-17-18-19-20-21-22-24-26-28-30-32-34-41(44)50-39(38-49-51(45,46)48-36-35-42(3)4)37-47-40(43)33-31-29-27-25-23-16-14-12-10-8-6-2/h18-19,21-22,26,28,39H,5-17,20,23-25,27,29-38H2,1-4H3,(H,45,46)/b19-18-,22-21-,28-26-. The van der Waals surface area contributed by atoms with Gasteiger partial charge in [-0.25, -0.2) is 4.57 Å². The maximum absolute atomic E-state index is 12.6. The lowest BCUT2D eigenvalue weighted by atomic mass is 10.1. The van der Waals surface area contributed by atoms with Gasteiger partial charge < -0.3 is 19.3 Å². The topological polar surface area (TPSA) is 112 Å². The molecule has 0 bridgehead atoms. The van der Waals surface area contributed by atoms with Gasteiger partial charge in [-0.1, -0.05) is 147 Å². The van der Waals surface area contributed by atoms with Crippen molar-refractivity contribution in [3.8, 4) is 0 Å².